The van der Waals surface area contributed by atoms with Crippen molar-refractivity contribution in [2.45, 2.75) is 23.9 Å². The lowest BCUT2D eigenvalue weighted by Crippen LogP contribution is -2.42. The number of benzene rings is 3. The fourth-order valence-electron chi connectivity index (χ4n) is 4.12. The van der Waals surface area contributed by atoms with E-state index in [1.807, 2.05) is 36.4 Å². The number of hydrogen-bond donors (Lipinski definition) is 1. The molecule has 1 saturated heterocycles. The number of hydrazone groups is 1. The molecule has 1 aliphatic rings. The zero-order valence-corrected chi connectivity index (χ0v) is 19.3. The Kier molecular flexibility index (Phi) is 6.35. The van der Waals surface area contributed by atoms with Gasteiger partial charge in [-0.3, -0.25) is 4.79 Å². The molecule has 0 unspecified atom stereocenters. The molecular formula is C24H26N4O4S. The number of carbonyl (C=O) groups is 1. The van der Waals surface area contributed by atoms with E-state index in [2.05, 4.69) is 5.10 Å². The van der Waals surface area contributed by atoms with E-state index in [0.717, 1.165) is 21.9 Å². The molecule has 1 amide bonds. The van der Waals surface area contributed by atoms with Crippen molar-refractivity contribution >= 4 is 32.9 Å². The first-order chi connectivity index (χ1) is 15.8. The second-order valence-electron chi connectivity index (χ2n) is 7.98. The van der Waals surface area contributed by atoms with Gasteiger partial charge in [-0.15, -0.1) is 0 Å². The van der Waals surface area contributed by atoms with Crippen LogP contribution in [0, 0.1) is 0 Å². The highest BCUT2D eigenvalue weighted by Gasteiger charge is 2.39. The number of likely N-dealkylation sites (tertiary alicyclic amines) is 1. The highest BCUT2D eigenvalue weighted by atomic mass is 32.2. The summed E-state index contributed by atoms with van der Waals surface area (Å²) in [7, 11) is -0.794. The molecule has 3 aromatic carbocycles. The number of ether oxygens (including phenoxy) is 1. The third kappa shape index (κ3) is 4.55. The van der Waals surface area contributed by atoms with E-state index >= 15 is 0 Å². The van der Waals surface area contributed by atoms with Crippen LogP contribution >= 0.6 is 0 Å². The van der Waals surface area contributed by atoms with Crippen LogP contribution in [0.5, 0.6) is 5.75 Å². The Morgan fingerprint density at radius 2 is 1.91 bits per heavy atom. The summed E-state index contributed by atoms with van der Waals surface area (Å²) in [6.45, 7) is 0.878. The molecule has 1 aliphatic heterocycles. The van der Waals surface area contributed by atoms with Gasteiger partial charge in [0.1, 0.15) is 11.8 Å². The number of sulfonamides is 1. The maximum Gasteiger partial charge on any atom is 0.243 e. The van der Waals surface area contributed by atoms with Gasteiger partial charge in [0.05, 0.1) is 18.2 Å². The molecule has 0 radical (unpaired) electrons. The third-order valence-corrected chi connectivity index (χ3v) is 7.81. The minimum atomic E-state index is -3.85. The molecule has 4 rings (SSSR count). The van der Waals surface area contributed by atoms with Gasteiger partial charge in [-0.1, -0.05) is 30.3 Å². The molecular weight excluding hydrogens is 440 g/mol. The molecule has 1 fully saturated rings. The molecule has 3 aromatic rings. The van der Waals surface area contributed by atoms with Gasteiger partial charge in [0.15, 0.2) is 0 Å². The van der Waals surface area contributed by atoms with Gasteiger partial charge in [-0.25, -0.2) is 8.42 Å². The van der Waals surface area contributed by atoms with Crippen LogP contribution in [0.1, 0.15) is 17.5 Å². The predicted molar refractivity (Wildman–Crippen MR) is 127 cm³/mol. The average Bonchev–Trinajstić information content (AvgIpc) is 3.17. The van der Waals surface area contributed by atoms with Crippen molar-refractivity contribution in [1.82, 2.24) is 9.21 Å². The summed E-state index contributed by atoms with van der Waals surface area (Å²) >= 11 is 0. The van der Waals surface area contributed by atoms with Crippen LogP contribution in [0.4, 0.5) is 0 Å². The summed E-state index contributed by atoms with van der Waals surface area (Å²) in [4.78, 5) is 14.9. The van der Waals surface area contributed by atoms with Crippen LogP contribution in [-0.2, 0) is 21.4 Å². The van der Waals surface area contributed by atoms with Crippen molar-refractivity contribution in [1.29, 1.82) is 0 Å². The zero-order chi connectivity index (χ0) is 23.6. The van der Waals surface area contributed by atoms with Gasteiger partial charge in [-0.2, -0.15) is 9.41 Å². The van der Waals surface area contributed by atoms with Crippen LogP contribution in [0.3, 0.4) is 0 Å². The molecule has 1 atom stereocenters. The highest BCUT2D eigenvalue weighted by molar-refractivity contribution is 7.89. The lowest BCUT2D eigenvalue weighted by molar-refractivity contribution is -0.131. The number of nitrogens with zero attached hydrogens (tertiary/aromatic N) is 3. The van der Waals surface area contributed by atoms with E-state index in [0.29, 0.717) is 25.3 Å². The minimum absolute atomic E-state index is 0.155. The Labute approximate surface area is 193 Å². The lowest BCUT2D eigenvalue weighted by atomic mass is 10.1. The van der Waals surface area contributed by atoms with Gasteiger partial charge >= 0.3 is 0 Å². The Bertz CT molecular complexity index is 1320. The van der Waals surface area contributed by atoms with E-state index in [-0.39, 0.29) is 10.8 Å². The number of carbonyl (C=O) groups excluding carboxylic acids is 1. The van der Waals surface area contributed by atoms with Crippen molar-refractivity contribution in [3.05, 3.63) is 71.8 Å². The smallest absolute Gasteiger partial charge is 0.243 e. The average molecular weight is 467 g/mol. The second kappa shape index (κ2) is 9.21. The molecule has 33 heavy (non-hydrogen) atoms. The number of amides is 1. The first-order valence-corrected chi connectivity index (χ1v) is 11.9. The molecule has 0 aliphatic carbocycles. The van der Waals surface area contributed by atoms with Gasteiger partial charge in [0.25, 0.3) is 0 Å². The fourth-order valence-corrected chi connectivity index (χ4v) is 5.50. The summed E-state index contributed by atoms with van der Waals surface area (Å²) < 4.78 is 33.1. The molecule has 1 heterocycles. The summed E-state index contributed by atoms with van der Waals surface area (Å²) in [5.41, 5.74) is 1.77. The Morgan fingerprint density at radius 3 is 2.67 bits per heavy atom. The number of rotatable bonds is 7. The van der Waals surface area contributed by atoms with Crippen LogP contribution < -0.4 is 10.6 Å². The Balaban J connectivity index is 1.52. The number of hydrogen-bond acceptors (Lipinski definition) is 6. The van der Waals surface area contributed by atoms with Gasteiger partial charge in [0.2, 0.25) is 15.9 Å². The summed E-state index contributed by atoms with van der Waals surface area (Å²) in [6.07, 6.45) is 1.97. The normalized spacial score (nSPS) is 16.9. The van der Waals surface area contributed by atoms with E-state index in [9.17, 15) is 13.2 Å². The Hall–Kier alpha value is -3.43. The fraction of sp³-hybridized carbons (Fsp3) is 0.250. The van der Waals surface area contributed by atoms with Crippen molar-refractivity contribution in [2.24, 2.45) is 10.9 Å². The van der Waals surface area contributed by atoms with Gasteiger partial charge < -0.3 is 15.5 Å². The van der Waals surface area contributed by atoms with Crippen LogP contribution in [0.15, 0.2) is 70.7 Å². The summed E-state index contributed by atoms with van der Waals surface area (Å²) in [6, 6.07) is 17.2. The minimum Gasteiger partial charge on any atom is -0.497 e. The zero-order valence-electron chi connectivity index (χ0n) is 18.5. The van der Waals surface area contributed by atoms with Crippen LogP contribution in [0.2, 0.25) is 0 Å². The molecule has 0 saturated carbocycles. The monoisotopic (exact) mass is 466 g/mol. The summed E-state index contributed by atoms with van der Waals surface area (Å²) in [5.74, 6) is 5.71. The molecule has 172 valence electrons. The van der Waals surface area contributed by atoms with Crippen LogP contribution in [-0.4, -0.2) is 56.5 Å². The highest BCUT2D eigenvalue weighted by Crippen LogP contribution is 2.28. The van der Waals surface area contributed by atoms with E-state index in [4.69, 9.17) is 10.6 Å². The van der Waals surface area contributed by atoms with Gasteiger partial charge in [0, 0.05) is 20.1 Å². The SMILES string of the molecule is COc1ccc2cc(S(=O)(=O)N(C)[C@H]3CCN(Cc4cccc(C=NN)c4)C3=O)ccc2c1. The second-order valence-corrected chi connectivity index (χ2v) is 9.98. The van der Waals surface area contributed by atoms with Crippen LogP contribution in [0.25, 0.3) is 10.8 Å². The van der Waals surface area contributed by atoms with Crippen molar-refractivity contribution in [2.75, 3.05) is 20.7 Å². The first-order valence-electron chi connectivity index (χ1n) is 10.5. The van der Waals surface area contributed by atoms with E-state index < -0.39 is 16.1 Å². The number of fused-ring (bicyclic) bond motifs is 1. The third-order valence-electron chi connectivity index (χ3n) is 5.95. The number of nitrogens with two attached hydrogens (primary N) is 1. The first kappa shape index (κ1) is 22.8. The molecule has 0 bridgehead atoms. The molecule has 2 N–H and O–H groups in total. The van der Waals surface area contributed by atoms with Crippen molar-refractivity contribution in [3.8, 4) is 5.75 Å². The topological polar surface area (TPSA) is 105 Å². The predicted octanol–water partition coefficient (Wildman–Crippen LogP) is 2.56. The Morgan fingerprint density at radius 1 is 1.15 bits per heavy atom. The number of methoxy groups -OCH3 is 1. The quantitative estimate of drug-likeness (QED) is 0.327. The van der Waals surface area contributed by atoms with Crippen molar-refractivity contribution < 1.29 is 17.9 Å². The van der Waals surface area contributed by atoms with E-state index in [1.165, 1.54) is 17.6 Å². The van der Waals surface area contributed by atoms with Gasteiger partial charge in [-0.05, 0) is 58.7 Å². The van der Waals surface area contributed by atoms with Crippen molar-refractivity contribution in [3.63, 3.8) is 0 Å². The molecule has 0 aromatic heterocycles. The molecule has 9 heteroatoms. The number of likely N-dealkylation sites (N-methyl/N-ethyl adjacent to an activating group) is 1. The lowest BCUT2D eigenvalue weighted by Gasteiger charge is -2.24. The maximum absolute atomic E-state index is 13.3. The molecule has 8 nitrogen and oxygen atoms in total. The maximum atomic E-state index is 13.3. The largest absolute Gasteiger partial charge is 0.497 e. The summed E-state index contributed by atoms with van der Waals surface area (Å²) in [5, 5.41) is 5.19. The van der Waals surface area contributed by atoms with E-state index in [1.54, 1.807) is 36.3 Å². The standard InChI is InChI=1S/C24H26N4O4S/c1-27(33(30,31)22-9-7-19-13-21(32-2)8-6-20(19)14-22)23-10-11-28(24(23)29)16-18-5-3-4-17(12-18)15-26-25/h3-9,12-15,23H,10-11,16,25H2,1-2H3/t23-/m0/s1. The molecule has 0 spiro atoms.